The molecule has 7 heteroatoms. The van der Waals surface area contributed by atoms with E-state index >= 15 is 0 Å². The Bertz CT molecular complexity index is 1010. The first kappa shape index (κ1) is 17.5. The fourth-order valence-corrected chi connectivity index (χ4v) is 4.26. The van der Waals surface area contributed by atoms with Gasteiger partial charge in [-0.05, 0) is 43.7 Å². The van der Waals surface area contributed by atoms with Crippen LogP contribution in [0.4, 0.5) is 0 Å². The van der Waals surface area contributed by atoms with Crippen molar-refractivity contribution in [1.82, 2.24) is 9.55 Å². The molecule has 3 aromatic rings. The summed E-state index contributed by atoms with van der Waals surface area (Å²) in [5, 5.41) is 10.2. The Morgan fingerprint density at radius 2 is 2.04 bits per heavy atom. The quantitative estimate of drug-likeness (QED) is 0.389. The Labute approximate surface area is 153 Å². The van der Waals surface area contributed by atoms with Gasteiger partial charge in [0.1, 0.15) is 10.6 Å². The van der Waals surface area contributed by atoms with E-state index in [1.807, 2.05) is 13.8 Å². The van der Waals surface area contributed by atoms with Crippen LogP contribution in [-0.2, 0) is 7.05 Å². The van der Waals surface area contributed by atoms with E-state index in [1.54, 1.807) is 47.2 Å². The summed E-state index contributed by atoms with van der Waals surface area (Å²) in [6.45, 7) is 4.47. The van der Waals surface area contributed by atoms with Crippen LogP contribution in [0.5, 0.6) is 5.75 Å². The summed E-state index contributed by atoms with van der Waals surface area (Å²) >= 11 is 3.06. The predicted octanol–water partition coefficient (Wildman–Crippen LogP) is 3.65. The first-order chi connectivity index (χ1) is 12.0. The zero-order valence-corrected chi connectivity index (χ0v) is 15.8. The summed E-state index contributed by atoms with van der Waals surface area (Å²) < 4.78 is 7.27. The van der Waals surface area contributed by atoms with Crippen molar-refractivity contribution in [3.63, 3.8) is 0 Å². The number of thiophene rings is 1. The standard InChI is InChI=1S/C18H17N3O2S2/c1-11-12(2)25-16-15(11)17(22)21(3)18(20-16)24-9-8-23-14-6-4-13(10-19)5-7-14/h4-7H,8-9H2,1-3H3. The van der Waals surface area contributed by atoms with E-state index in [0.717, 1.165) is 26.4 Å². The molecule has 0 spiro atoms. The largest absolute Gasteiger partial charge is 0.493 e. The molecular weight excluding hydrogens is 354 g/mol. The van der Waals surface area contributed by atoms with E-state index in [-0.39, 0.29) is 5.56 Å². The molecule has 0 saturated carbocycles. The molecule has 0 amide bonds. The molecule has 0 atom stereocenters. The topological polar surface area (TPSA) is 67.9 Å². The number of hydrogen-bond donors (Lipinski definition) is 0. The summed E-state index contributed by atoms with van der Waals surface area (Å²) in [4.78, 5) is 19.1. The van der Waals surface area contributed by atoms with Gasteiger partial charge in [-0.3, -0.25) is 9.36 Å². The van der Waals surface area contributed by atoms with Crippen molar-refractivity contribution in [2.45, 2.75) is 19.0 Å². The van der Waals surface area contributed by atoms with Crippen molar-refractivity contribution in [3.05, 3.63) is 50.6 Å². The third-order valence-corrected chi connectivity index (χ3v) is 6.03. The van der Waals surface area contributed by atoms with Crippen LogP contribution in [0.2, 0.25) is 0 Å². The number of rotatable bonds is 5. The number of aromatic nitrogens is 2. The molecule has 0 unspecified atom stereocenters. The summed E-state index contributed by atoms with van der Waals surface area (Å²) in [7, 11) is 1.75. The van der Waals surface area contributed by atoms with Crippen LogP contribution in [0.25, 0.3) is 10.2 Å². The zero-order valence-electron chi connectivity index (χ0n) is 14.2. The maximum Gasteiger partial charge on any atom is 0.262 e. The molecular formula is C18H17N3O2S2. The molecule has 0 saturated heterocycles. The number of thioether (sulfide) groups is 1. The monoisotopic (exact) mass is 371 g/mol. The first-order valence-electron chi connectivity index (χ1n) is 7.73. The van der Waals surface area contributed by atoms with Gasteiger partial charge in [-0.1, -0.05) is 11.8 Å². The third kappa shape index (κ3) is 3.55. The smallest absolute Gasteiger partial charge is 0.262 e. The highest BCUT2D eigenvalue weighted by atomic mass is 32.2. The van der Waals surface area contributed by atoms with Gasteiger partial charge in [0.25, 0.3) is 5.56 Å². The van der Waals surface area contributed by atoms with Crippen molar-refractivity contribution < 1.29 is 4.74 Å². The van der Waals surface area contributed by atoms with Gasteiger partial charge in [-0.25, -0.2) is 4.98 Å². The molecule has 0 bridgehead atoms. The van der Waals surface area contributed by atoms with Gasteiger partial charge >= 0.3 is 0 Å². The average molecular weight is 371 g/mol. The normalized spacial score (nSPS) is 10.8. The van der Waals surface area contributed by atoms with Gasteiger partial charge in [-0.15, -0.1) is 11.3 Å². The lowest BCUT2D eigenvalue weighted by atomic mass is 10.2. The average Bonchev–Trinajstić information content (AvgIpc) is 2.90. The van der Waals surface area contributed by atoms with E-state index in [0.29, 0.717) is 23.1 Å². The number of ether oxygens (including phenoxy) is 1. The van der Waals surface area contributed by atoms with Gasteiger partial charge in [-0.2, -0.15) is 5.26 Å². The van der Waals surface area contributed by atoms with Crippen LogP contribution in [0.3, 0.4) is 0 Å². The van der Waals surface area contributed by atoms with Gasteiger partial charge in [0.15, 0.2) is 5.16 Å². The van der Waals surface area contributed by atoms with E-state index < -0.39 is 0 Å². The molecule has 2 aromatic heterocycles. The summed E-state index contributed by atoms with van der Waals surface area (Å²) in [5.41, 5.74) is 1.63. The van der Waals surface area contributed by atoms with Crippen LogP contribution in [0, 0.1) is 25.2 Å². The lowest BCUT2D eigenvalue weighted by Gasteiger charge is -2.08. The second-order valence-electron chi connectivity index (χ2n) is 5.56. The highest BCUT2D eigenvalue weighted by molar-refractivity contribution is 7.99. The van der Waals surface area contributed by atoms with E-state index in [2.05, 4.69) is 11.1 Å². The molecule has 0 fully saturated rings. The number of aryl methyl sites for hydroxylation is 2. The maximum absolute atomic E-state index is 12.6. The van der Waals surface area contributed by atoms with E-state index in [4.69, 9.17) is 10.00 Å². The highest BCUT2D eigenvalue weighted by Gasteiger charge is 2.14. The van der Waals surface area contributed by atoms with Crippen LogP contribution in [0.15, 0.2) is 34.2 Å². The Morgan fingerprint density at radius 1 is 1.32 bits per heavy atom. The van der Waals surface area contributed by atoms with Crippen molar-refractivity contribution in [2.24, 2.45) is 7.05 Å². The summed E-state index contributed by atoms with van der Waals surface area (Å²) in [6.07, 6.45) is 0. The molecule has 2 heterocycles. The molecule has 0 aliphatic carbocycles. The lowest BCUT2D eigenvalue weighted by Crippen LogP contribution is -2.20. The summed E-state index contributed by atoms with van der Waals surface area (Å²) in [5.74, 6) is 1.40. The maximum atomic E-state index is 12.6. The minimum absolute atomic E-state index is 0.00219. The molecule has 0 aliphatic rings. The fourth-order valence-electron chi connectivity index (χ4n) is 2.40. The van der Waals surface area contributed by atoms with Crippen LogP contribution in [0.1, 0.15) is 16.0 Å². The van der Waals surface area contributed by atoms with Crippen molar-refractivity contribution in [3.8, 4) is 11.8 Å². The Morgan fingerprint density at radius 3 is 2.72 bits per heavy atom. The predicted molar refractivity (Wildman–Crippen MR) is 102 cm³/mol. The number of nitriles is 1. The molecule has 1 aromatic carbocycles. The zero-order chi connectivity index (χ0) is 18.0. The Hall–Kier alpha value is -2.30. The number of benzene rings is 1. The molecule has 0 radical (unpaired) electrons. The second kappa shape index (κ2) is 7.30. The van der Waals surface area contributed by atoms with Crippen molar-refractivity contribution in [1.29, 1.82) is 5.26 Å². The molecule has 0 N–H and O–H groups in total. The Kier molecular flexibility index (Phi) is 5.11. The third-order valence-electron chi connectivity index (χ3n) is 3.94. The number of fused-ring (bicyclic) bond motifs is 1. The second-order valence-corrected chi connectivity index (χ2v) is 7.82. The first-order valence-corrected chi connectivity index (χ1v) is 9.54. The van der Waals surface area contributed by atoms with Gasteiger partial charge in [0, 0.05) is 17.7 Å². The molecule has 5 nitrogen and oxygen atoms in total. The lowest BCUT2D eigenvalue weighted by molar-refractivity contribution is 0.344. The summed E-state index contributed by atoms with van der Waals surface area (Å²) in [6, 6.07) is 9.08. The van der Waals surface area contributed by atoms with Crippen LogP contribution >= 0.6 is 23.1 Å². The highest BCUT2D eigenvalue weighted by Crippen LogP contribution is 2.28. The van der Waals surface area contributed by atoms with Crippen LogP contribution in [-0.4, -0.2) is 21.9 Å². The van der Waals surface area contributed by atoms with Gasteiger partial charge in [0.2, 0.25) is 0 Å². The molecule has 25 heavy (non-hydrogen) atoms. The van der Waals surface area contributed by atoms with Crippen LogP contribution < -0.4 is 10.3 Å². The Balaban J connectivity index is 1.68. The van der Waals surface area contributed by atoms with Crippen molar-refractivity contribution in [2.75, 3.05) is 12.4 Å². The fraction of sp³-hybridized carbons (Fsp3) is 0.278. The molecule has 3 rings (SSSR count). The number of hydrogen-bond acceptors (Lipinski definition) is 6. The molecule has 128 valence electrons. The van der Waals surface area contributed by atoms with Crippen molar-refractivity contribution >= 4 is 33.3 Å². The van der Waals surface area contributed by atoms with Gasteiger partial charge < -0.3 is 4.74 Å². The van der Waals surface area contributed by atoms with E-state index in [9.17, 15) is 4.79 Å². The van der Waals surface area contributed by atoms with E-state index in [1.165, 1.54) is 11.8 Å². The number of nitrogens with zero attached hydrogens (tertiary/aromatic N) is 3. The van der Waals surface area contributed by atoms with Gasteiger partial charge in [0.05, 0.1) is 23.6 Å². The minimum Gasteiger partial charge on any atom is -0.493 e. The minimum atomic E-state index is 0.00219. The molecule has 0 aliphatic heterocycles. The SMILES string of the molecule is Cc1sc2nc(SCCOc3ccc(C#N)cc3)n(C)c(=O)c2c1C.